The average Bonchev–Trinajstić information content (AvgIpc) is 2.45. The second-order valence-corrected chi connectivity index (χ2v) is 7.08. The molecule has 0 aromatic rings. The zero-order valence-electron chi connectivity index (χ0n) is 15.3. The standard InChI is InChI=1S/C16H30N4O4/c1-12(21)20-9-6-13(7-10-20)18-14(22)17-8-11-19(5)15(23)24-16(2,3)4/h13H,6-11H2,1-5H3,(H2,17,18,22). The predicted molar refractivity (Wildman–Crippen MR) is 90.7 cm³/mol. The maximum absolute atomic E-state index is 11.9. The van der Waals surface area contributed by atoms with E-state index in [1.54, 1.807) is 18.9 Å². The molecular weight excluding hydrogens is 312 g/mol. The lowest BCUT2D eigenvalue weighted by atomic mass is 10.1. The fourth-order valence-corrected chi connectivity index (χ4v) is 2.34. The van der Waals surface area contributed by atoms with E-state index >= 15 is 0 Å². The highest BCUT2D eigenvalue weighted by Crippen LogP contribution is 2.10. The van der Waals surface area contributed by atoms with Crippen LogP contribution >= 0.6 is 0 Å². The van der Waals surface area contributed by atoms with Crippen molar-refractivity contribution in [3.8, 4) is 0 Å². The van der Waals surface area contributed by atoms with Gasteiger partial charge in [0.15, 0.2) is 0 Å². The van der Waals surface area contributed by atoms with Crippen LogP contribution in [0.5, 0.6) is 0 Å². The summed E-state index contributed by atoms with van der Waals surface area (Å²) >= 11 is 0. The number of nitrogens with zero attached hydrogens (tertiary/aromatic N) is 2. The highest BCUT2D eigenvalue weighted by Gasteiger charge is 2.22. The second-order valence-electron chi connectivity index (χ2n) is 7.08. The molecule has 24 heavy (non-hydrogen) atoms. The Bertz CT molecular complexity index is 453. The molecule has 0 bridgehead atoms. The van der Waals surface area contributed by atoms with Crippen LogP contribution in [0.1, 0.15) is 40.5 Å². The molecule has 0 radical (unpaired) electrons. The first-order chi connectivity index (χ1) is 11.1. The Hall–Kier alpha value is -1.99. The highest BCUT2D eigenvalue weighted by atomic mass is 16.6. The molecule has 1 saturated heterocycles. The Morgan fingerprint density at radius 2 is 1.79 bits per heavy atom. The van der Waals surface area contributed by atoms with Crippen molar-refractivity contribution in [1.29, 1.82) is 0 Å². The molecule has 0 atom stereocenters. The fourth-order valence-electron chi connectivity index (χ4n) is 2.34. The number of likely N-dealkylation sites (N-methyl/N-ethyl adjacent to an activating group) is 1. The lowest BCUT2D eigenvalue weighted by Gasteiger charge is -2.31. The summed E-state index contributed by atoms with van der Waals surface area (Å²) in [5, 5.41) is 5.63. The van der Waals surface area contributed by atoms with Gasteiger partial charge in [-0.2, -0.15) is 0 Å². The molecule has 0 aliphatic carbocycles. The minimum absolute atomic E-state index is 0.0723. The van der Waals surface area contributed by atoms with Crippen LogP contribution in [-0.4, -0.2) is 72.7 Å². The number of hydrogen-bond acceptors (Lipinski definition) is 4. The van der Waals surface area contributed by atoms with Crippen LogP contribution in [0.15, 0.2) is 0 Å². The molecule has 1 rings (SSSR count). The number of likely N-dealkylation sites (tertiary alicyclic amines) is 1. The van der Waals surface area contributed by atoms with Crippen LogP contribution in [0.4, 0.5) is 9.59 Å². The fraction of sp³-hybridized carbons (Fsp3) is 0.812. The minimum Gasteiger partial charge on any atom is -0.444 e. The Morgan fingerprint density at radius 3 is 2.29 bits per heavy atom. The third-order valence-corrected chi connectivity index (χ3v) is 3.71. The first-order valence-electron chi connectivity index (χ1n) is 8.32. The van der Waals surface area contributed by atoms with E-state index in [2.05, 4.69) is 10.6 Å². The first kappa shape index (κ1) is 20.1. The highest BCUT2D eigenvalue weighted by molar-refractivity contribution is 5.75. The van der Waals surface area contributed by atoms with Crippen LogP contribution in [-0.2, 0) is 9.53 Å². The molecule has 0 aromatic carbocycles. The molecule has 1 heterocycles. The van der Waals surface area contributed by atoms with Crippen LogP contribution in [0, 0.1) is 0 Å². The van der Waals surface area contributed by atoms with Gasteiger partial charge in [0.1, 0.15) is 5.60 Å². The van der Waals surface area contributed by atoms with Crippen molar-refractivity contribution < 1.29 is 19.1 Å². The quantitative estimate of drug-likeness (QED) is 0.802. The molecule has 8 nitrogen and oxygen atoms in total. The number of urea groups is 1. The summed E-state index contributed by atoms with van der Waals surface area (Å²) in [6, 6.07) is -0.182. The summed E-state index contributed by atoms with van der Waals surface area (Å²) in [5.74, 6) is 0.0723. The molecular formula is C16H30N4O4. The van der Waals surface area contributed by atoms with E-state index in [1.165, 1.54) is 4.90 Å². The number of carbonyl (C=O) groups excluding carboxylic acids is 3. The molecule has 1 fully saturated rings. The van der Waals surface area contributed by atoms with E-state index in [1.807, 2.05) is 20.8 Å². The second kappa shape index (κ2) is 8.75. The van der Waals surface area contributed by atoms with E-state index in [9.17, 15) is 14.4 Å². The van der Waals surface area contributed by atoms with Crippen LogP contribution in [0.3, 0.4) is 0 Å². The van der Waals surface area contributed by atoms with Crippen molar-refractivity contribution in [1.82, 2.24) is 20.4 Å². The molecule has 0 spiro atoms. The summed E-state index contributed by atoms with van der Waals surface area (Å²) in [4.78, 5) is 38.1. The predicted octanol–water partition coefficient (Wildman–Crippen LogP) is 1.16. The van der Waals surface area contributed by atoms with Crippen LogP contribution in [0.25, 0.3) is 0 Å². The Labute approximate surface area is 143 Å². The third-order valence-electron chi connectivity index (χ3n) is 3.71. The van der Waals surface area contributed by atoms with Crippen molar-refractivity contribution in [2.45, 2.75) is 52.2 Å². The minimum atomic E-state index is -0.537. The molecule has 0 aromatic heterocycles. The van der Waals surface area contributed by atoms with E-state index in [-0.39, 0.29) is 18.0 Å². The van der Waals surface area contributed by atoms with Gasteiger partial charge in [-0.15, -0.1) is 0 Å². The number of nitrogens with one attached hydrogen (secondary N) is 2. The number of rotatable bonds is 4. The Balaban J connectivity index is 2.20. The van der Waals surface area contributed by atoms with Gasteiger partial charge >= 0.3 is 12.1 Å². The maximum atomic E-state index is 11.9. The van der Waals surface area contributed by atoms with E-state index in [0.717, 1.165) is 12.8 Å². The van der Waals surface area contributed by atoms with Crippen molar-refractivity contribution >= 4 is 18.0 Å². The smallest absolute Gasteiger partial charge is 0.410 e. The number of amides is 4. The van der Waals surface area contributed by atoms with E-state index < -0.39 is 11.7 Å². The van der Waals surface area contributed by atoms with Crippen molar-refractivity contribution in [2.24, 2.45) is 0 Å². The number of piperidine rings is 1. The number of hydrogen-bond donors (Lipinski definition) is 2. The summed E-state index contributed by atoms with van der Waals surface area (Å²) in [7, 11) is 1.63. The van der Waals surface area contributed by atoms with Gasteiger partial charge in [-0.05, 0) is 33.6 Å². The molecule has 138 valence electrons. The summed E-state index contributed by atoms with van der Waals surface area (Å²) in [5.41, 5.74) is -0.537. The SMILES string of the molecule is CC(=O)N1CCC(NC(=O)NCCN(C)C(=O)OC(C)(C)C)CC1. The summed E-state index contributed by atoms with van der Waals surface area (Å²) in [6.45, 7) is 9.02. The zero-order valence-corrected chi connectivity index (χ0v) is 15.3. The molecule has 0 unspecified atom stereocenters. The molecule has 2 N–H and O–H groups in total. The molecule has 4 amide bonds. The number of ether oxygens (including phenoxy) is 1. The van der Waals surface area contributed by atoms with Crippen molar-refractivity contribution in [3.63, 3.8) is 0 Å². The first-order valence-corrected chi connectivity index (χ1v) is 8.32. The average molecular weight is 342 g/mol. The molecule has 1 aliphatic heterocycles. The van der Waals surface area contributed by atoms with Gasteiger partial charge in [-0.3, -0.25) is 4.79 Å². The zero-order chi connectivity index (χ0) is 18.3. The number of carbonyl (C=O) groups is 3. The Morgan fingerprint density at radius 1 is 1.21 bits per heavy atom. The monoisotopic (exact) mass is 342 g/mol. The van der Waals surface area contributed by atoms with Gasteiger partial charge < -0.3 is 25.2 Å². The van der Waals surface area contributed by atoms with Crippen molar-refractivity contribution in [3.05, 3.63) is 0 Å². The third kappa shape index (κ3) is 7.52. The maximum Gasteiger partial charge on any atom is 0.410 e. The molecule has 1 aliphatic rings. The summed E-state index contributed by atoms with van der Waals surface area (Å²) in [6.07, 6.45) is 1.09. The van der Waals surface area contributed by atoms with Crippen LogP contribution < -0.4 is 10.6 Å². The van der Waals surface area contributed by atoms with Gasteiger partial charge in [0.05, 0.1) is 0 Å². The van der Waals surface area contributed by atoms with Crippen molar-refractivity contribution in [2.75, 3.05) is 33.2 Å². The van der Waals surface area contributed by atoms with Gasteiger partial charge in [0.2, 0.25) is 5.91 Å². The lowest BCUT2D eigenvalue weighted by molar-refractivity contribution is -0.129. The van der Waals surface area contributed by atoms with Gasteiger partial charge in [-0.1, -0.05) is 0 Å². The molecule has 8 heteroatoms. The Kier molecular flexibility index (Phi) is 7.31. The lowest BCUT2D eigenvalue weighted by Crippen LogP contribution is -2.49. The summed E-state index contributed by atoms with van der Waals surface area (Å²) < 4.78 is 5.23. The van der Waals surface area contributed by atoms with E-state index in [4.69, 9.17) is 4.74 Å². The molecule has 0 saturated carbocycles. The normalized spacial score (nSPS) is 15.6. The van der Waals surface area contributed by atoms with Gasteiger partial charge in [0.25, 0.3) is 0 Å². The van der Waals surface area contributed by atoms with Gasteiger partial charge in [-0.25, -0.2) is 9.59 Å². The van der Waals surface area contributed by atoms with Gasteiger partial charge in [0, 0.05) is 46.2 Å². The largest absolute Gasteiger partial charge is 0.444 e. The van der Waals surface area contributed by atoms with E-state index in [0.29, 0.717) is 26.2 Å². The van der Waals surface area contributed by atoms with Crippen LogP contribution in [0.2, 0.25) is 0 Å². The topological polar surface area (TPSA) is 91.0 Å².